The molecular formula is C7H13F3N2. The molecule has 1 rings (SSSR count). The molecule has 3 atom stereocenters. The van der Waals surface area contributed by atoms with E-state index in [2.05, 4.69) is 0 Å². The molecule has 4 N–H and O–H groups in total. The summed E-state index contributed by atoms with van der Waals surface area (Å²) in [5.74, 6) is -1.30. The Bertz CT molecular complexity index is 147. The maximum absolute atomic E-state index is 12.2. The predicted molar refractivity (Wildman–Crippen MR) is 39.3 cm³/mol. The van der Waals surface area contributed by atoms with Crippen LogP contribution in [-0.2, 0) is 0 Å². The van der Waals surface area contributed by atoms with Gasteiger partial charge in [-0.1, -0.05) is 0 Å². The zero-order valence-corrected chi connectivity index (χ0v) is 6.64. The summed E-state index contributed by atoms with van der Waals surface area (Å²) in [6.45, 7) is 0. The van der Waals surface area contributed by atoms with Crippen LogP contribution in [0, 0.1) is 5.92 Å². The first-order valence-electron chi connectivity index (χ1n) is 3.97. The number of rotatable bonds is 0. The molecule has 1 fully saturated rings. The minimum absolute atomic E-state index is 0.0250. The third kappa shape index (κ3) is 2.35. The fourth-order valence-corrected chi connectivity index (χ4v) is 1.68. The highest BCUT2D eigenvalue weighted by molar-refractivity contribution is 4.86. The van der Waals surface area contributed by atoms with Gasteiger partial charge in [0.05, 0.1) is 5.92 Å². The molecule has 0 radical (unpaired) electrons. The van der Waals surface area contributed by atoms with Gasteiger partial charge in [-0.3, -0.25) is 0 Å². The predicted octanol–water partition coefficient (Wildman–Crippen LogP) is 1.00. The first-order chi connectivity index (χ1) is 5.39. The second kappa shape index (κ2) is 3.22. The van der Waals surface area contributed by atoms with E-state index in [1.54, 1.807) is 0 Å². The molecule has 0 bridgehead atoms. The molecule has 2 nitrogen and oxygen atoms in total. The smallest absolute Gasteiger partial charge is 0.328 e. The van der Waals surface area contributed by atoms with Gasteiger partial charge in [0, 0.05) is 12.1 Å². The molecule has 12 heavy (non-hydrogen) atoms. The second-order valence-electron chi connectivity index (χ2n) is 3.47. The van der Waals surface area contributed by atoms with Crippen molar-refractivity contribution >= 4 is 0 Å². The monoisotopic (exact) mass is 182 g/mol. The summed E-state index contributed by atoms with van der Waals surface area (Å²) in [7, 11) is 0. The van der Waals surface area contributed by atoms with E-state index < -0.39 is 12.1 Å². The summed E-state index contributed by atoms with van der Waals surface area (Å²) in [4.78, 5) is 0. The van der Waals surface area contributed by atoms with Gasteiger partial charge < -0.3 is 11.5 Å². The lowest BCUT2D eigenvalue weighted by Crippen LogP contribution is -2.44. The quantitative estimate of drug-likeness (QED) is 0.587. The van der Waals surface area contributed by atoms with E-state index >= 15 is 0 Å². The molecule has 0 saturated heterocycles. The molecule has 72 valence electrons. The van der Waals surface area contributed by atoms with Gasteiger partial charge >= 0.3 is 6.18 Å². The Morgan fingerprint density at radius 1 is 0.917 bits per heavy atom. The van der Waals surface area contributed by atoms with E-state index in [4.69, 9.17) is 11.5 Å². The van der Waals surface area contributed by atoms with E-state index in [0.717, 1.165) is 0 Å². The van der Waals surface area contributed by atoms with Gasteiger partial charge in [-0.2, -0.15) is 13.2 Å². The fraction of sp³-hybridized carbons (Fsp3) is 1.00. The van der Waals surface area contributed by atoms with Gasteiger partial charge in [-0.15, -0.1) is 0 Å². The molecule has 1 aliphatic rings. The normalized spacial score (nSPS) is 38.2. The van der Waals surface area contributed by atoms with Crippen molar-refractivity contribution in [3.8, 4) is 0 Å². The molecule has 1 aliphatic carbocycles. The Labute approximate surface area is 69.1 Å². The van der Waals surface area contributed by atoms with Crippen LogP contribution in [-0.4, -0.2) is 18.3 Å². The van der Waals surface area contributed by atoms with Crippen molar-refractivity contribution in [2.75, 3.05) is 0 Å². The van der Waals surface area contributed by atoms with E-state index in [1.807, 2.05) is 0 Å². The van der Waals surface area contributed by atoms with Crippen LogP contribution in [0.1, 0.15) is 19.3 Å². The van der Waals surface area contributed by atoms with E-state index in [-0.39, 0.29) is 24.9 Å². The topological polar surface area (TPSA) is 52.0 Å². The molecule has 0 aromatic carbocycles. The number of nitrogens with two attached hydrogens (primary N) is 2. The largest absolute Gasteiger partial charge is 0.391 e. The molecule has 0 aromatic heterocycles. The van der Waals surface area contributed by atoms with Gasteiger partial charge in [0.1, 0.15) is 0 Å². The summed E-state index contributed by atoms with van der Waals surface area (Å²) in [5.41, 5.74) is 10.9. The Morgan fingerprint density at radius 3 is 1.67 bits per heavy atom. The SMILES string of the molecule is N[C@@H]1CC(C(F)(F)F)C[C@H](N)C1. The third-order valence-electron chi connectivity index (χ3n) is 2.24. The van der Waals surface area contributed by atoms with Crippen molar-refractivity contribution in [1.82, 2.24) is 0 Å². The van der Waals surface area contributed by atoms with Crippen molar-refractivity contribution < 1.29 is 13.2 Å². The summed E-state index contributed by atoms with van der Waals surface area (Å²) in [6, 6.07) is -0.777. The van der Waals surface area contributed by atoms with Crippen LogP contribution >= 0.6 is 0 Å². The average Bonchev–Trinajstić information content (AvgIpc) is 1.82. The van der Waals surface area contributed by atoms with Gasteiger partial charge in [0.2, 0.25) is 0 Å². The molecule has 1 unspecified atom stereocenters. The number of alkyl halides is 3. The summed E-state index contributed by atoms with van der Waals surface area (Å²) in [6.07, 6.45) is -3.57. The Kier molecular flexibility index (Phi) is 2.63. The number of hydrogen-bond acceptors (Lipinski definition) is 2. The lowest BCUT2D eigenvalue weighted by atomic mass is 9.83. The van der Waals surface area contributed by atoms with Crippen LogP contribution in [0.3, 0.4) is 0 Å². The lowest BCUT2D eigenvalue weighted by molar-refractivity contribution is -0.184. The maximum Gasteiger partial charge on any atom is 0.391 e. The molecule has 0 heterocycles. The molecule has 1 saturated carbocycles. The van der Waals surface area contributed by atoms with Crippen molar-refractivity contribution in [2.24, 2.45) is 17.4 Å². The summed E-state index contributed by atoms with van der Waals surface area (Å²) in [5, 5.41) is 0. The first-order valence-corrected chi connectivity index (χ1v) is 3.97. The summed E-state index contributed by atoms with van der Waals surface area (Å²) >= 11 is 0. The van der Waals surface area contributed by atoms with Crippen molar-refractivity contribution in [3.63, 3.8) is 0 Å². The average molecular weight is 182 g/mol. The molecular weight excluding hydrogens is 169 g/mol. The Balaban J connectivity index is 2.55. The summed E-state index contributed by atoms with van der Waals surface area (Å²) < 4.78 is 36.5. The zero-order valence-electron chi connectivity index (χ0n) is 6.64. The van der Waals surface area contributed by atoms with Crippen molar-refractivity contribution in [2.45, 2.75) is 37.5 Å². The van der Waals surface area contributed by atoms with Crippen LogP contribution < -0.4 is 11.5 Å². The van der Waals surface area contributed by atoms with Crippen LogP contribution in [0.15, 0.2) is 0 Å². The van der Waals surface area contributed by atoms with Crippen LogP contribution in [0.5, 0.6) is 0 Å². The van der Waals surface area contributed by atoms with Crippen molar-refractivity contribution in [3.05, 3.63) is 0 Å². The standard InChI is InChI=1S/C7H13F3N2/c8-7(9,10)4-1-5(11)3-6(12)2-4/h4-6H,1-3,11-12H2/t4?,5-,6+. The Morgan fingerprint density at radius 2 is 1.33 bits per heavy atom. The minimum atomic E-state index is -4.13. The van der Waals surface area contributed by atoms with E-state index in [1.165, 1.54) is 0 Å². The van der Waals surface area contributed by atoms with Gasteiger partial charge in [-0.25, -0.2) is 0 Å². The van der Waals surface area contributed by atoms with E-state index in [0.29, 0.717) is 6.42 Å². The molecule has 0 aliphatic heterocycles. The maximum atomic E-state index is 12.2. The first kappa shape index (κ1) is 9.80. The van der Waals surface area contributed by atoms with Gasteiger partial charge in [-0.05, 0) is 19.3 Å². The molecule has 0 aromatic rings. The third-order valence-corrected chi connectivity index (χ3v) is 2.24. The highest BCUT2D eigenvalue weighted by Gasteiger charge is 2.43. The highest BCUT2D eigenvalue weighted by atomic mass is 19.4. The van der Waals surface area contributed by atoms with E-state index in [9.17, 15) is 13.2 Å². The fourth-order valence-electron chi connectivity index (χ4n) is 1.68. The van der Waals surface area contributed by atoms with Crippen LogP contribution in [0.4, 0.5) is 13.2 Å². The molecule has 5 heteroatoms. The second-order valence-corrected chi connectivity index (χ2v) is 3.47. The molecule has 0 amide bonds. The van der Waals surface area contributed by atoms with Gasteiger partial charge in [0.25, 0.3) is 0 Å². The van der Waals surface area contributed by atoms with Crippen LogP contribution in [0.2, 0.25) is 0 Å². The lowest BCUT2D eigenvalue weighted by Gasteiger charge is -2.32. The van der Waals surface area contributed by atoms with Crippen molar-refractivity contribution in [1.29, 1.82) is 0 Å². The number of halogens is 3. The van der Waals surface area contributed by atoms with Crippen LogP contribution in [0.25, 0.3) is 0 Å². The number of hydrogen-bond donors (Lipinski definition) is 2. The Hall–Kier alpha value is -0.290. The van der Waals surface area contributed by atoms with Gasteiger partial charge in [0.15, 0.2) is 0 Å². The minimum Gasteiger partial charge on any atom is -0.328 e. The zero-order chi connectivity index (χ0) is 9.35. The highest BCUT2D eigenvalue weighted by Crippen LogP contribution is 2.36. The molecule has 0 spiro atoms.